The van der Waals surface area contributed by atoms with E-state index in [0.717, 1.165) is 5.56 Å². The van der Waals surface area contributed by atoms with Gasteiger partial charge < -0.3 is 68.5 Å². The number of benzene rings is 3. The van der Waals surface area contributed by atoms with Gasteiger partial charge in [0.05, 0.1) is 44.7 Å². The van der Waals surface area contributed by atoms with Crippen molar-refractivity contribution >= 4 is 59.4 Å². The van der Waals surface area contributed by atoms with Gasteiger partial charge in [-0.3, -0.25) is 68.3 Å². The molecule has 3 aromatic carbocycles. The fraction of sp³-hybridized carbons (Fsp3) is 0.525. The number of nitrogens with two attached hydrogens (primary N) is 2. The number of carboxylic acids is 3. The second kappa shape index (κ2) is 40.0. The summed E-state index contributed by atoms with van der Waals surface area (Å²) in [4.78, 5) is 124. The Morgan fingerprint density at radius 3 is 1.72 bits per heavy atom. The molecule has 0 spiro atoms. The molecule has 15 N–H and O–H groups in total. The molecule has 1 saturated heterocycles. The van der Waals surface area contributed by atoms with Gasteiger partial charge in [0.15, 0.2) is 5.96 Å². The number of rotatable bonds is 35. The predicted octanol–water partition coefficient (Wildman–Crippen LogP) is -0.390. The Morgan fingerprint density at radius 2 is 1.13 bits per heavy atom. The number of carbonyl (C=O) groups is 9. The molecule has 0 radical (unpaired) electrons. The molecule has 0 aliphatic carbocycles. The van der Waals surface area contributed by atoms with Crippen LogP contribution in [0.3, 0.4) is 0 Å². The van der Waals surface area contributed by atoms with Gasteiger partial charge in [-0.2, -0.15) is 0 Å². The van der Waals surface area contributed by atoms with Crippen molar-refractivity contribution in [1.29, 1.82) is 0 Å². The summed E-state index contributed by atoms with van der Waals surface area (Å²) in [5.74, 6) is -5.21. The first-order valence-electron chi connectivity index (χ1n) is 29.4. The number of aliphatic carboxylic acids is 3. The lowest BCUT2D eigenvalue weighted by atomic mass is 9.90. The van der Waals surface area contributed by atoms with E-state index in [2.05, 4.69) is 42.2 Å². The third kappa shape index (κ3) is 30.0. The molecule has 1 aliphatic heterocycles. The Bertz CT molecular complexity index is 2660. The van der Waals surface area contributed by atoms with Crippen LogP contribution >= 0.6 is 0 Å². The third-order valence-corrected chi connectivity index (χ3v) is 14.0. The van der Waals surface area contributed by atoms with Crippen molar-refractivity contribution in [1.82, 2.24) is 56.8 Å². The van der Waals surface area contributed by atoms with Gasteiger partial charge in [0.25, 0.3) is 0 Å². The number of phenolic OH excluding ortho intramolecular Hbond substituents is 1. The van der Waals surface area contributed by atoms with Crippen LogP contribution in [0.15, 0.2) is 83.9 Å². The molecule has 1 unspecified atom stereocenters. The number of phenols is 1. The number of nitrogens with zero attached hydrogens (tertiary/aromatic N) is 5. The quantitative estimate of drug-likeness (QED) is 0.0203. The van der Waals surface area contributed by atoms with Crippen LogP contribution in [0.1, 0.15) is 80.9 Å². The van der Waals surface area contributed by atoms with E-state index in [1.165, 1.54) is 12.1 Å². The molecule has 3 atom stereocenters. The Labute approximate surface area is 507 Å². The van der Waals surface area contributed by atoms with Gasteiger partial charge in [-0.15, -0.1) is 0 Å². The van der Waals surface area contributed by atoms with Crippen molar-refractivity contribution in [2.45, 2.75) is 82.8 Å². The Balaban J connectivity index is 1.23. The first kappa shape index (κ1) is 71.0. The zero-order chi connectivity index (χ0) is 63.3. The number of aromatic hydroxyl groups is 1. The van der Waals surface area contributed by atoms with Gasteiger partial charge in [0.2, 0.25) is 29.5 Å². The number of nitrogens with one attached hydrogen (secondary N) is 7. The van der Waals surface area contributed by atoms with Crippen LogP contribution in [0, 0.1) is 0 Å². The van der Waals surface area contributed by atoms with Gasteiger partial charge in [-0.25, -0.2) is 4.79 Å². The second-order valence-corrected chi connectivity index (χ2v) is 20.9. The van der Waals surface area contributed by atoms with Gasteiger partial charge in [-0.05, 0) is 85.9 Å². The Morgan fingerprint density at radius 1 is 0.575 bits per heavy atom. The minimum Gasteiger partial charge on any atom is -0.508 e. The van der Waals surface area contributed by atoms with E-state index >= 15 is 0 Å². The van der Waals surface area contributed by atoms with E-state index in [4.69, 9.17) is 16.2 Å². The van der Waals surface area contributed by atoms with Crippen LogP contribution in [-0.2, 0) is 44.9 Å². The van der Waals surface area contributed by atoms with Crippen molar-refractivity contribution in [2.75, 3.05) is 118 Å². The highest BCUT2D eigenvalue weighted by Gasteiger charge is 2.29. The summed E-state index contributed by atoms with van der Waals surface area (Å²) in [5.41, 5.74) is 14.1. The number of aliphatic imine (C=N–C) groups is 1. The van der Waals surface area contributed by atoms with Crippen molar-refractivity contribution in [3.63, 3.8) is 0 Å². The minimum atomic E-state index is -1.05. The molecule has 1 heterocycles. The number of carbonyl (C=O) groups excluding carboxylic acids is 6. The highest BCUT2D eigenvalue weighted by molar-refractivity contribution is 5.95. The predicted molar refractivity (Wildman–Crippen MR) is 323 cm³/mol. The molecule has 0 bridgehead atoms. The molecule has 3 aromatic rings. The monoisotopic (exact) mass is 1220 g/mol. The number of ether oxygens (including phenoxy) is 1. The van der Waals surface area contributed by atoms with Crippen LogP contribution in [0.5, 0.6) is 11.5 Å². The Kier molecular flexibility index (Phi) is 32.7. The minimum absolute atomic E-state index is 0.0121. The largest absolute Gasteiger partial charge is 0.508 e. The molecule has 28 nitrogen and oxygen atoms in total. The zero-order valence-electron chi connectivity index (χ0n) is 49.6. The number of guanidine groups is 1. The number of hydrogen-bond acceptors (Lipinski definition) is 17. The number of carboxylic acid groups (broad SMARTS) is 3. The highest BCUT2D eigenvalue weighted by Crippen LogP contribution is 2.28. The molecular weight excluding hydrogens is 1130 g/mol. The summed E-state index contributed by atoms with van der Waals surface area (Å²) in [7, 11) is 0. The molecule has 1 aliphatic rings. The first-order chi connectivity index (χ1) is 41.8. The summed E-state index contributed by atoms with van der Waals surface area (Å²) >= 11 is 0. The number of amides is 7. The smallest absolute Gasteiger partial charge is 0.321 e. The maximum Gasteiger partial charge on any atom is 0.321 e. The van der Waals surface area contributed by atoms with Gasteiger partial charge in [-0.1, -0.05) is 61.5 Å². The fourth-order valence-corrected chi connectivity index (χ4v) is 9.22. The molecule has 28 heteroatoms. The highest BCUT2D eigenvalue weighted by atomic mass is 16.5. The van der Waals surface area contributed by atoms with Crippen molar-refractivity contribution in [2.24, 2.45) is 16.5 Å². The number of urea groups is 1. The van der Waals surface area contributed by atoms with Crippen LogP contribution < -0.4 is 53.4 Å². The average Bonchev–Trinajstić information content (AvgIpc) is 3.05. The number of unbranched alkanes of at least 4 members (excludes halogenated alkanes) is 2. The van der Waals surface area contributed by atoms with Crippen molar-refractivity contribution < 1.29 is 68.3 Å². The third-order valence-electron chi connectivity index (χ3n) is 14.0. The lowest BCUT2D eigenvalue weighted by molar-refractivity contribution is -0.140. The molecule has 0 aromatic heterocycles. The van der Waals surface area contributed by atoms with Crippen LogP contribution in [0.2, 0.25) is 0 Å². The average molecular weight is 1220 g/mol. The van der Waals surface area contributed by atoms with E-state index in [0.29, 0.717) is 88.2 Å². The molecule has 0 saturated carbocycles. The molecule has 7 amide bonds. The lowest BCUT2D eigenvalue weighted by Crippen LogP contribution is -2.49. The molecule has 87 heavy (non-hydrogen) atoms. The van der Waals surface area contributed by atoms with Crippen molar-refractivity contribution in [3.8, 4) is 11.5 Å². The van der Waals surface area contributed by atoms with Gasteiger partial charge in [0.1, 0.15) is 17.5 Å². The summed E-state index contributed by atoms with van der Waals surface area (Å²) in [5, 5.41) is 57.4. The summed E-state index contributed by atoms with van der Waals surface area (Å²) < 4.78 is 6.12. The van der Waals surface area contributed by atoms with E-state index in [1.807, 2.05) is 35.2 Å². The molecular formula is C59H88N14O14. The maximum absolute atomic E-state index is 14.5. The second-order valence-electron chi connectivity index (χ2n) is 20.9. The van der Waals surface area contributed by atoms with E-state index in [9.17, 15) is 63.6 Å². The van der Waals surface area contributed by atoms with E-state index < -0.39 is 53.8 Å². The van der Waals surface area contributed by atoms with E-state index in [-0.39, 0.29) is 134 Å². The SMILES string of the molecule is CCC(=O)NCCNC(=O)NC(N)=NCCCC(NC(=O)[C@H](c1ccccc1)c1cccc(OCCCCNC(=O)[C@H](N)CCCCNC(=O)CN2CCN(CC(=O)O)CCN(CC(=O)O)CCN(CC(=O)O)CC2)c1)C(=O)NCc1ccc(O)cc1. The number of hydrogen-bond donors (Lipinski definition) is 13. The summed E-state index contributed by atoms with van der Waals surface area (Å²) in [6.45, 7) is 4.78. The van der Waals surface area contributed by atoms with Gasteiger partial charge >= 0.3 is 23.9 Å². The summed E-state index contributed by atoms with van der Waals surface area (Å²) in [6.07, 6.45) is 3.40. The van der Waals surface area contributed by atoms with Crippen molar-refractivity contribution in [3.05, 3.63) is 95.6 Å². The zero-order valence-corrected chi connectivity index (χ0v) is 49.6. The maximum atomic E-state index is 14.5. The lowest BCUT2D eigenvalue weighted by Gasteiger charge is -2.32. The normalized spacial score (nSPS) is 15.0. The van der Waals surface area contributed by atoms with Gasteiger partial charge in [0, 0.05) is 98.0 Å². The van der Waals surface area contributed by atoms with Crippen LogP contribution in [-0.4, -0.2) is 229 Å². The van der Waals surface area contributed by atoms with Crippen LogP contribution in [0.25, 0.3) is 0 Å². The topological polar surface area (TPSA) is 405 Å². The molecule has 478 valence electrons. The van der Waals surface area contributed by atoms with E-state index in [1.54, 1.807) is 58.0 Å². The standard InChI is InChI=1S/C59H88N14O14/c1-2-49(75)63-25-26-66-59(86)69-58(61)65-24-11-17-48(56(84)67-37-42-18-20-45(74)21-19-42)68-57(85)54(43-12-4-3-5-13-43)44-14-10-15-46(36-44)87-35-9-8-23-64-55(83)47(60)16-6-7-22-62-50(76)38-70-27-29-71(39-51(77)78)31-33-73(41-53(81)82)34-32-72(30-28-70)40-52(79)80/h3-5,10,12-15,18-21,36,47-48,54,74H,2,6-9,11,16-17,22-35,37-41,60H2,1H3,(H,62,76)(H,63,75)(H,64,83)(H,67,84)(H,68,85)(H,77,78)(H,79,80)(H,81,82)(H4,61,65,66,69,86)/t47-,48?,54-/m1/s1. The molecule has 4 rings (SSSR count). The Hall–Kier alpha value is -8.44. The molecule has 1 fully saturated rings. The fourth-order valence-electron chi connectivity index (χ4n) is 9.22. The first-order valence-corrected chi connectivity index (χ1v) is 29.4. The summed E-state index contributed by atoms with van der Waals surface area (Å²) in [6, 6.07) is 20.1. The van der Waals surface area contributed by atoms with Crippen LogP contribution in [0.4, 0.5) is 4.79 Å².